The predicted molar refractivity (Wildman–Crippen MR) is 121 cm³/mol. The molecule has 4 rings (SSSR count). The molecule has 0 amide bonds. The quantitative estimate of drug-likeness (QED) is 0.277. The van der Waals surface area contributed by atoms with Gasteiger partial charge in [0.25, 0.3) is 0 Å². The van der Waals surface area contributed by atoms with Crippen LogP contribution in [-0.2, 0) is 6.54 Å². The van der Waals surface area contributed by atoms with E-state index in [1.54, 1.807) is 11.8 Å². The Balaban J connectivity index is 1.41. The lowest BCUT2D eigenvalue weighted by atomic mass is 10.1. The third-order valence-electron chi connectivity index (χ3n) is 5.40. The number of rotatable bonds is 9. The fourth-order valence-corrected chi connectivity index (χ4v) is 4.72. The van der Waals surface area contributed by atoms with Gasteiger partial charge < -0.3 is 0 Å². The van der Waals surface area contributed by atoms with Crippen LogP contribution in [0.15, 0.2) is 65.8 Å². The molecule has 6 heteroatoms. The molecule has 0 spiro atoms. The summed E-state index contributed by atoms with van der Waals surface area (Å²) in [5.41, 5.74) is 1.89. The summed E-state index contributed by atoms with van der Waals surface area (Å²) in [5.74, 6) is 2.03. The lowest BCUT2D eigenvalue weighted by molar-refractivity contribution is 0.0982. The van der Waals surface area contributed by atoms with Crippen molar-refractivity contribution in [3.8, 4) is 5.69 Å². The summed E-state index contributed by atoms with van der Waals surface area (Å²) in [6.07, 6.45) is 5.22. The minimum atomic E-state index is 0.200. The molecule has 2 heterocycles. The number of aromatic nitrogens is 3. The normalized spacial score (nSPS) is 14.7. The van der Waals surface area contributed by atoms with Crippen molar-refractivity contribution < 1.29 is 4.79 Å². The van der Waals surface area contributed by atoms with E-state index in [4.69, 9.17) is 0 Å². The van der Waals surface area contributed by atoms with Gasteiger partial charge in [0, 0.05) is 23.4 Å². The summed E-state index contributed by atoms with van der Waals surface area (Å²) in [5, 5.41) is 9.93. The van der Waals surface area contributed by atoms with Crippen LogP contribution < -0.4 is 0 Å². The van der Waals surface area contributed by atoms with Crippen LogP contribution in [-0.4, -0.2) is 44.3 Å². The number of likely N-dealkylation sites (tertiary alicyclic amines) is 1. The van der Waals surface area contributed by atoms with E-state index in [1.165, 1.54) is 19.3 Å². The highest BCUT2D eigenvalue weighted by Gasteiger charge is 2.18. The van der Waals surface area contributed by atoms with Crippen molar-refractivity contribution >= 4 is 17.5 Å². The Labute approximate surface area is 182 Å². The Kier molecular flexibility index (Phi) is 7.32. The van der Waals surface area contributed by atoms with Gasteiger partial charge in [-0.1, -0.05) is 66.7 Å². The van der Waals surface area contributed by atoms with Crippen LogP contribution in [0.3, 0.4) is 0 Å². The third-order valence-corrected chi connectivity index (χ3v) is 6.42. The summed E-state index contributed by atoms with van der Waals surface area (Å²) in [7, 11) is 0. The molecule has 0 unspecified atom stereocenters. The molecule has 1 aliphatic rings. The summed E-state index contributed by atoms with van der Waals surface area (Å²) >= 11 is 1.68. The zero-order valence-electron chi connectivity index (χ0n) is 17.2. The standard InChI is InChI=1S/C24H28N4OS/c29-22(20-11-4-1-5-12-20)15-10-18-30-24-26-25-23(19-27-16-8-3-9-17-27)28(24)21-13-6-2-7-14-21/h1-2,4-7,11-14H,3,8-10,15-19H2. The van der Waals surface area contributed by atoms with Crippen LogP contribution in [0, 0.1) is 0 Å². The van der Waals surface area contributed by atoms with E-state index in [0.29, 0.717) is 6.42 Å². The van der Waals surface area contributed by atoms with Gasteiger partial charge >= 0.3 is 0 Å². The highest BCUT2D eigenvalue weighted by molar-refractivity contribution is 7.99. The number of benzene rings is 2. The van der Waals surface area contributed by atoms with E-state index in [2.05, 4.69) is 31.8 Å². The summed E-state index contributed by atoms with van der Waals surface area (Å²) in [6, 6.07) is 19.9. The van der Waals surface area contributed by atoms with Crippen molar-refractivity contribution in [1.82, 2.24) is 19.7 Å². The Bertz CT molecular complexity index is 936. The topological polar surface area (TPSA) is 51.0 Å². The molecule has 1 aliphatic heterocycles. The van der Waals surface area contributed by atoms with Gasteiger partial charge in [-0.15, -0.1) is 10.2 Å². The Morgan fingerprint density at radius 1 is 0.900 bits per heavy atom. The number of thioether (sulfide) groups is 1. The second-order valence-corrected chi connectivity index (χ2v) is 8.71. The number of hydrogen-bond donors (Lipinski definition) is 0. The van der Waals surface area contributed by atoms with Crippen molar-refractivity contribution in [2.45, 2.75) is 43.8 Å². The molecular weight excluding hydrogens is 392 g/mol. The number of para-hydroxylation sites is 1. The maximum absolute atomic E-state index is 12.3. The molecule has 0 atom stereocenters. The number of nitrogens with zero attached hydrogens (tertiary/aromatic N) is 4. The van der Waals surface area contributed by atoms with Crippen LogP contribution in [0.5, 0.6) is 0 Å². The molecule has 0 N–H and O–H groups in total. The lowest BCUT2D eigenvalue weighted by Gasteiger charge is -2.26. The molecule has 2 aromatic carbocycles. The first-order valence-corrected chi connectivity index (χ1v) is 11.7. The Hall–Kier alpha value is -2.44. The molecule has 156 valence electrons. The smallest absolute Gasteiger partial charge is 0.195 e. The van der Waals surface area contributed by atoms with Gasteiger partial charge in [0.15, 0.2) is 16.8 Å². The van der Waals surface area contributed by atoms with E-state index in [1.807, 2.05) is 48.5 Å². The molecule has 0 aliphatic carbocycles. The predicted octanol–water partition coefficient (Wildman–Crippen LogP) is 5.01. The second kappa shape index (κ2) is 10.5. The van der Waals surface area contributed by atoms with Gasteiger partial charge in [-0.25, -0.2) is 0 Å². The molecule has 30 heavy (non-hydrogen) atoms. The van der Waals surface area contributed by atoms with Gasteiger partial charge in [-0.3, -0.25) is 14.3 Å². The molecule has 0 radical (unpaired) electrons. The van der Waals surface area contributed by atoms with Crippen molar-refractivity contribution in [3.05, 3.63) is 72.1 Å². The monoisotopic (exact) mass is 420 g/mol. The second-order valence-electron chi connectivity index (χ2n) is 7.65. The molecule has 3 aromatic rings. The van der Waals surface area contributed by atoms with Gasteiger partial charge in [0.05, 0.1) is 6.54 Å². The molecule has 5 nitrogen and oxygen atoms in total. The zero-order chi connectivity index (χ0) is 20.6. The molecular formula is C24H28N4OS. The van der Waals surface area contributed by atoms with Crippen molar-refractivity contribution in [2.24, 2.45) is 0 Å². The summed E-state index contributed by atoms with van der Waals surface area (Å²) in [6.45, 7) is 3.09. The Morgan fingerprint density at radius 2 is 1.60 bits per heavy atom. The number of ketones is 1. The largest absolute Gasteiger partial charge is 0.296 e. The van der Waals surface area contributed by atoms with Crippen LogP contribution in [0.25, 0.3) is 5.69 Å². The molecule has 0 saturated carbocycles. The van der Waals surface area contributed by atoms with Crippen molar-refractivity contribution in [1.29, 1.82) is 0 Å². The van der Waals surface area contributed by atoms with Crippen LogP contribution in [0.1, 0.15) is 48.3 Å². The number of hydrogen-bond acceptors (Lipinski definition) is 5. The zero-order valence-corrected chi connectivity index (χ0v) is 18.1. The van der Waals surface area contributed by atoms with E-state index < -0.39 is 0 Å². The number of Topliss-reactive ketones (excluding diaryl/α,β-unsaturated/α-hetero) is 1. The Morgan fingerprint density at radius 3 is 2.33 bits per heavy atom. The first-order valence-electron chi connectivity index (χ1n) is 10.7. The summed E-state index contributed by atoms with van der Waals surface area (Å²) < 4.78 is 2.18. The van der Waals surface area contributed by atoms with Gasteiger partial charge in [-0.2, -0.15) is 0 Å². The molecule has 1 fully saturated rings. The summed E-state index contributed by atoms with van der Waals surface area (Å²) in [4.78, 5) is 14.8. The van der Waals surface area contributed by atoms with E-state index in [0.717, 1.165) is 54.0 Å². The first-order chi connectivity index (χ1) is 14.8. The average molecular weight is 421 g/mol. The van der Waals surface area contributed by atoms with Gasteiger partial charge in [0.2, 0.25) is 0 Å². The van der Waals surface area contributed by atoms with Crippen LogP contribution in [0.4, 0.5) is 0 Å². The van der Waals surface area contributed by atoms with E-state index >= 15 is 0 Å². The highest BCUT2D eigenvalue weighted by atomic mass is 32.2. The number of piperidine rings is 1. The minimum absolute atomic E-state index is 0.200. The SMILES string of the molecule is O=C(CCCSc1nnc(CN2CCCCC2)n1-c1ccccc1)c1ccccc1. The number of carbonyl (C=O) groups is 1. The third kappa shape index (κ3) is 5.37. The average Bonchev–Trinajstić information content (AvgIpc) is 3.20. The minimum Gasteiger partial charge on any atom is -0.296 e. The highest BCUT2D eigenvalue weighted by Crippen LogP contribution is 2.24. The van der Waals surface area contributed by atoms with Gasteiger partial charge in [0.1, 0.15) is 0 Å². The molecule has 1 saturated heterocycles. The fraction of sp³-hybridized carbons (Fsp3) is 0.375. The maximum Gasteiger partial charge on any atom is 0.195 e. The van der Waals surface area contributed by atoms with Gasteiger partial charge in [-0.05, 0) is 44.5 Å². The van der Waals surface area contributed by atoms with Crippen molar-refractivity contribution in [2.75, 3.05) is 18.8 Å². The van der Waals surface area contributed by atoms with Crippen LogP contribution in [0.2, 0.25) is 0 Å². The molecule has 1 aromatic heterocycles. The van der Waals surface area contributed by atoms with E-state index in [-0.39, 0.29) is 5.78 Å². The number of carbonyl (C=O) groups excluding carboxylic acids is 1. The van der Waals surface area contributed by atoms with Crippen molar-refractivity contribution in [3.63, 3.8) is 0 Å². The maximum atomic E-state index is 12.3. The molecule has 0 bridgehead atoms. The van der Waals surface area contributed by atoms with Crippen LogP contribution >= 0.6 is 11.8 Å². The first kappa shape index (κ1) is 20.8. The lowest BCUT2D eigenvalue weighted by Crippen LogP contribution is -2.30. The fourth-order valence-electron chi connectivity index (χ4n) is 3.81. The van der Waals surface area contributed by atoms with E-state index in [9.17, 15) is 4.79 Å².